The van der Waals surface area contributed by atoms with Crippen molar-refractivity contribution in [2.24, 2.45) is 5.50 Å². The summed E-state index contributed by atoms with van der Waals surface area (Å²) >= 11 is 0. The first kappa shape index (κ1) is 16.7. The molecule has 0 aliphatic carbocycles. The number of nitrogens with zero attached hydrogens (tertiary/aromatic N) is 1. The van der Waals surface area contributed by atoms with Crippen LogP contribution in [0.3, 0.4) is 0 Å². The van der Waals surface area contributed by atoms with Gasteiger partial charge < -0.3 is 19.9 Å². The van der Waals surface area contributed by atoms with Gasteiger partial charge in [0, 0.05) is 19.3 Å². The van der Waals surface area contributed by atoms with Crippen LogP contribution in [0.5, 0.6) is 0 Å². The van der Waals surface area contributed by atoms with Gasteiger partial charge in [0.15, 0.2) is 0 Å². The molecule has 4 N–H and O–H groups in total. The predicted octanol–water partition coefficient (Wildman–Crippen LogP) is 0.00110. The SMILES string of the molecule is CC1=CN(P(N)(=O)OCC2CNCC(C)O2)CC(CO)O1. The summed E-state index contributed by atoms with van der Waals surface area (Å²) in [7, 11) is -3.48. The third kappa shape index (κ3) is 4.67. The van der Waals surface area contributed by atoms with Crippen LogP contribution in [0.25, 0.3) is 0 Å². The molecule has 4 unspecified atom stereocenters. The molecule has 0 aromatic heterocycles. The molecule has 122 valence electrons. The molecule has 2 heterocycles. The molecule has 0 radical (unpaired) electrons. The Labute approximate surface area is 124 Å². The number of nitrogens with two attached hydrogens (primary N) is 1. The van der Waals surface area contributed by atoms with E-state index >= 15 is 0 Å². The molecule has 1 fully saturated rings. The maximum atomic E-state index is 12.5. The highest BCUT2D eigenvalue weighted by atomic mass is 31.2. The largest absolute Gasteiger partial charge is 0.489 e. The molecule has 2 aliphatic rings. The van der Waals surface area contributed by atoms with Gasteiger partial charge in [-0.1, -0.05) is 0 Å². The monoisotopic (exact) mass is 321 g/mol. The lowest BCUT2D eigenvalue weighted by Gasteiger charge is -2.35. The Kier molecular flexibility index (Phi) is 5.65. The van der Waals surface area contributed by atoms with Crippen molar-refractivity contribution in [3.63, 3.8) is 0 Å². The van der Waals surface area contributed by atoms with E-state index in [0.717, 1.165) is 6.54 Å². The molecule has 0 aromatic rings. The molecule has 9 heteroatoms. The number of nitrogens with one attached hydrogen (secondary N) is 1. The summed E-state index contributed by atoms with van der Waals surface area (Å²) in [4.78, 5) is 0. The topological polar surface area (TPSA) is 106 Å². The van der Waals surface area contributed by atoms with Crippen molar-refractivity contribution in [1.82, 2.24) is 9.99 Å². The van der Waals surface area contributed by atoms with Crippen LogP contribution in [-0.4, -0.2) is 60.9 Å². The van der Waals surface area contributed by atoms with E-state index in [1.807, 2.05) is 6.92 Å². The Bertz CT molecular complexity index is 433. The van der Waals surface area contributed by atoms with Gasteiger partial charge in [-0.05, 0) is 13.8 Å². The van der Waals surface area contributed by atoms with Crippen LogP contribution in [-0.2, 0) is 18.6 Å². The van der Waals surface area contributed by atoms with Crippen LogP contribution in [0.15, 0.2) is 12.0 Å². The van der Waals surface area contributed by atoms with Gasteiger partial charge in [-0.15, -0.1) is 0 Å². The molecule has 2 aliphatic heterocycles. The molecule has 0 saturated carbocycles. The Morgan fingerprint density at radius 1 is 1.57 bits per heavy atom. The van der Waals surface area contributed by atoms with Crippen LogP contribution in [0.2, 0.25) is 0 Å². The highest BCUT2D eigenvalue weighted by Gasteiger charge is 2.32. The fraction of sp³-hybridized carbons (Fsp3) is 0.833. The first-order chi connectivity index (χ1) is 9.90. The molecule has 0 aromatic carbocycles. The minimum Gasteiger partial charge on any atom is -0.489 e. The smallest absolute Gasteiger partial charge is 0.365 e. The van der Waals surface area contributed by atoms with Crippen molar-refractivity contribution < 1.29 is 23.7 Å². The number of hydrogen-bond acceptors (Lipinski definition) is 6. The van der Waals surface area contributed by atoms with Crippen LogP contribution in [0, 0.1) is 0 Å². The Balaban J connectivity index is 1.91. The average molecular weight is 321 g/mol. The quantitative estimate of drug-likeness (QED) is 0.608. The number of aliphatic hydroxyl groups excluding tert-OH is 1. The number of ether oxygens (including phenoxy) is 2. The van der Waals surface area contributed by atoms with Crippen LogP contribution in [0.1, 0.15) is 13.8 Å². The first-order valence-electron chi connectivity index (χ1n) is 7.03. The van der Waals surface area contributed by atoms with Crippen molar-refractivity contribution in [2.75, 3.05) is 32.8 Å². The van der Waals surface area contributed by atoms with Crippen molar-refractivity contribution in [3.05, 3.63) is 12.0 Å². The molecule has 0 spiro atoms. The maximum Gasteiger partial charge on any atom is 0.365 e. The zero-order valence-electron chi connectivity index (χ0n) is 12.4. The summed E-state index contributed by atoms with van der Waals surface area (Å²) in [6.07, 6.45) is 1.01. The number of morpholine rings is 1. The number of allylic oxidation sites excluding steroid dienone is 1. The summed E-state index contributed by atoms with van der Waals surface area (Å²) in [5.74, 6) is 0.541. The van der Waals surface area contributed by atoms with E-state index in [4.69, 9.17) is 19.5 Å². The highest BCUT2D eigenvalue weighted by molar-refractivity contribution is 7.54. The molecule has 21 heavy (non-hydrogen) atoms. The fourth-order valence-electron chi connectivity index (χ4n) is 2.33. The van der Waals surface area contributed by atoms with E-state index in [-0.39, 0.29) is 32.0 Å². The van der Waals surface area contributed by atoms with Crippen LogP contribution in [0.4, 0.5) is 0 Å². The zero-order chi connectivity index (χ0) is 15.5. The van der Waals surface area contributed by atoms with E-state index in [2.05, 4.69) is 5.32 Å². The molecule has 4 atom stereocenters. The third-order valence-corrected chi connectivity index (χ3v) is 4.82. The van der Waals surface area contributed by atoms with Crippen molar-refractivity contribution in [1.29, 1.82) is 0 Å². The van der Waals surface area contributed by atoms with E-state index in [9.17, 15) is 9.67 Å². The van der Waals surface area contributed by atoms with Gasteiger partial charge >= 0.3 is 7.67 Å². The van der Waals surface area contributed by atoms with E-state index in [1.165, 1.54) is 4.67 Å². The minimum atomic E-state index is -3.48. The van der Waals surface area contributed by atoms with E-state index in [0.29, 0.717) is 12.3 Å². The van der Waals surface area contributed by atoms with Gasteiger partial charge in [-0.3, -0.25) is 9.19 Å². The number of rotatable bonds is 5. The first-order valence-corrected chi connectivity index (χ1v) is 8.67. The lowest BCUT2D eigenvalue weighted by atomic mass is 10.3. The minimum absolute atomic E-state index is 0.0915. The molecule has 8 nitrogen and oxygen atoms in total. The number of hydrogen-bond donors (Lipinski definition) is 3. The standard InChI is InChI=1S/C12H24N3O5P/c1-9-3-14-4-11(19-9)8-18-21(13,17)15-5-10(2)20-12(6-15)7-16/h5,9,11-12,14,16H,3-4,6-8H2,1-2H3,(H2,13,17). The number of aliphatic hydroxyl groups is 1. The molecular formula is C12H24N3O5P. The van der Waals surface area contributed by atoms with Crippen LogP contribution < -0.4 is 10.8 Å². The highest BCUT2D eigenvalue weighted by Crippen LogP contribution is 2.44. The van der Waals surface area contributed by atoms with Gasteiger partial charge in [-0.25, -0.2) is 10.1 Å². The van der Waals surface area contributed by atoms with Crippen molar-refractivity contribution in [3.8, 4) is 0 Å². The Hall–Kier alpha value is -0.630. The third-order valence-electron chi connectivity index (χ3n) is 3.31. The summed E-state index contributed by atoms with van der Waals surface area (Å²) in [5, 5.41) is 12.4. The van der Waals surface area contributed by atoms with Gasteiger partial charge in [0.2, 0.25) is 0 Å². The molecule has 2 rings (SSSR count). The molecule has 1 saturated heterocycles. The Morgan fingerprint density at radius 2 is 2.33 bits per heavy atom. The summed E-state index contributed by atoms with van der Waals surface area (Å²) in [6.45, 7) is 5.31. The second kappa shape index (κ2) is 7.09. The second-order valence-electron chi connectivity index (χ2n) is 5.37. The second-order valence-corrected chi connectivity index (χ2v) is 7.27. The molecule has 0 amide bonds. The van der Waals surface area contributed by atoms with E-state index < -0.39 is 13.8 Å². The van der Waals surface area contributed by atoms with Crippen molar-refractivity contribution in [2.45, 2.75) is 32.2 Å². The van der Waals surface area contributed by atoms with Crippen molar-refractivity contribution >= 4 is 7.67 Å². The lowest BCUT2D eigenvalue weighted by molar-refractivity contribution is -0.0483. The summed E-state index contributed by atoms with van der Waals surface area (Å²) < 4.78 is 30.4. The summed E-state index contributed by atoms with van der Waals surface area (Å²) in [5.41, 5.74) is 5.82. The average Bonchev–Trinajstić information content (AvgIpc) is 2.44. The van der Waals surface area contributed by atoms with Gasteiger partial charge in [0.25, 0.3) is 0 Å². The van der Waals surface area contributed by atoms with Gasteiger partial charge in [0.1, 0.15) is 11.9 Å². The molecule has 0 bridgehead atoms. The molecular weight excluding hydrogens is 297 g/mol. The summed E-state index contributed by atoms with van der Waals surface area (Å²) in [6, 6.07) is 0. The maximum absolute atomic E-state index is 12.5. The van der Waals surface area contributed by atoms with Gasteiger partial charge in [-0.2, -0.15) is 0 Å². The lowest BCUT2D eigenvalue weighted by Crippen LogP contribution is -2.45. The Morgan fingerprint density at radius 3 is 3.00 bits per heavy atom. The van der Waals surface area contributed by atoms with Crippen LogP contribution >= 0.6 is 7.67 Å². The van der Waals surface area contributed by atoms with Gasteiger partial charge in [0.05, 0.1) is 32.0 Å². The van der Waals surface area contributed by atoms with E-state index in [1.54, 1.807) is 13.1 Å². The fourth-order valence-corrected chi connectivity index (χ4v) is 3.59. The normalized spacial score (nSPS) is 33.0. The predicted molar refractivity (Wildman–Crippen MR) is 77.4 cm³/mol. The zero-order valence-corrected chi connectivity index (χ0v) is 13.3.